The zero-order valence-electron chi connectivity index (χ0n) is 25.1. The largest absolute Gasteiger partial charge is 0.228 e. The number of fused-ring (bicyclic) bond motifs is 5. The fourth-order valence-corrected chi connectivity index (χ4v) is 6.83. The van der Waals surface area contributed by atoms with Gasteiger partial charge in [0.15, 0.2) is 5.82 Å². The highest BCUT2D eigenvalue weighted by Crippen LogP contribution is 2.40. The van der Waals surface area contributed by atoms with Gasteiger partial charge in [-0.3, -0.25) is 0 Å². The van der Waals surface area contributed by atoms with Crippen LogP contribution in [0.2, 0.25) is 0 Å². The van der Waals surface area contributed by atoms with E-state index in [4.69, 9.17) is 9.97 Å². The molecule has 214 valence electrons. The smallest absolute Gasteiger partial charge is 0.161 e. The Labute approximate surface area is 267 Å². The Hall–Kier alpha value is -6.12. The Kier molecular flexibility index (Phi) is 6.17. The summed E-state index contributed by atoms with van der Waals surface area (Å²) < 4.78 is 0. The molecule has 2 nitrogen and oxygen atoms in total. The van der Waals surface area contributed by atoms with Gasteiger partial charge in [-0.25, -0.2) is 9.97 Å². The van der Waals surface area contributed by atoms with Crippen LogP contribution in [0.3, 0.4) is 0 Å². The van der Waals surface area contributed by atoms with Crippen LogP contribution in [0.25, 0.3) is 88.1 Å². The third-order valence-electron chi connectivity index (χ3n) is 9.05. The number of rotatable bonds is 4. The fourth-order valence-electron chi connectivity index (χ4n) is 6.83. The molecule has 0 spiro atoms. The number of benzene rings is 8. The molecule has 1 heterocycles. The summed E-state index contributed by atoms with van der Waals surface area (Å²) >= 11 is 0. The second-order valence-electron chi connectivity index (χ2n) is 11.8. The summed E-state index contributed by atoms with van der Waals surface area (Å²) in [6.45, 7) is 0. The molecule has 2 heteroatoms. The van der Waals surface area contributed by atoms with E-state index >= 15 is 0 Å². The third kappa shape index (κ3) is 4.43. The highest BCUT2D eigenvalue weighted by molar-refractivity contribution is 6.19. The summed E-state index contributed by atoms with van der Waals surface area (Å²) in [6.07, 6.45) is 0. The molecule has 0 atom stereocenters. The van der Waals surface area contributed by atoms with Crippen molar-refractivity contribution in [2.45, 2.75) is 0 Å². The lowest BCUT2D eigenvalue weighted by Crippen LogP contribution is -1.98. The van der Waals surface area contributed by atoms with Gasteiger partial charge in [0.1, 0.15) is 0 Å². The van der Waals surface area contributed by atoms with Crippen molar-refractivity contribution >= 4 is 43.1 Å². The maximum Gasteiger partial charge on any atom is 0.161 e. The molecule has 9 rings (SSSR count). The van der Waals surface area contributed by atoms with Crippen LogP contribution < -0.4 is 0 Å². The summed E-state index contributed by atoms with van der Waals surface area (Å²) in [7, 11) is 0. The molecule has 9 aromatic rings. The van der Waals surface area contributed by atoms with Crippen LogP contribution in [0, 0.1) is 0 Å². The van der Waals surface area contributed by atoms with Crippen LogP contribution in [0.5, 0.6) is 0 Å². The Morgan fingerprint density at radius 2 is 0.935 bits per heavy atom. The highest BCUT2D eigenvalue weighted by atomic mass is 14.9. The molecule has 0 aliphatic rings. The minimum absolute atomic E-state index is 0.724. The molecule has 0 bridgehead atoms. The molecule has 0 fully saturated rings. The molecule has 0 radical (unpaired) electrons. The molecule has 46 heavy (non-hydrogen) atoms. The van der Waals surface area contributed by atoms with Crippen molar-refractivity contribution in [1.82, 2.24) is 9.97 Å². The normalized spacial score (nSPS) is 11.5. The molecule has 0 saturated carbocycles. The zero-order valence-corrected chi connectivity index (χ0v) is 25.1. The second-order valence-corrected chi connectivity index (χ2v) is 11.8. The fraction of sp³-hybridized carbons (Fsp3) is 0. The lowest BCUT2D eigenvalue weighted by Gasteiger charge is -2.16. The summed E-state index contributed by atoms with van der Waals surface area (Å²) in [5.74, 6) is 0.724. The first-order valence-corrected chi connectivity index (χ1v) is 15.7. The van der Waals surface area contributed by atoms with Gasteiger partial charge >= 0.3 is 0 Å². The van der Waals surface area contributed by atoms with Gasteiger partial charge in [0.25, 0.3) is 0 Å². The monoisotopic (exact) mass is 584 g/mol. The average Bonchev–Trinajstić information content (AvgIpc) is 3.13. The predicted molar refractivity (Wildman–Crippen MR) is 194 cm³/mol. The summed E-state index contributed by atoms with van der Waals surface area (Å²) in [4.78, 5) is 10.7. The number of nitrogens with zero attached hydrogens (tertiary/aromatic N) is 2. The minimum atomic E-state index is 0.724. The molecule has 0 amide bonds. The molecule has 0 N–H and O–H groups in total. The van der Waals surface area contributed by atoms with Gasteiger partial charge in [0.2, 0.25) is 0 Å². The number of hydrogen-bond donors (Lipinski definition) is 0. The van der Waals surface area contributed by atoms with Gasteiger partial charge < -0.3 is 0 Å². The van der Waals surface area contributed by atoms with E-state index in [2.05, 4.69) is 164 Å². The zero-order chi connectivity index (χ0) is 30.5. The molecule has 0 saturated heterocycles. The van der Waals surface area contributed by atoms with Crippen LogP contribution in [0.15, 0.2) is 170 Å². The van der Waals surface area contributed by atoms with Crippen molar-refractivity contribution < 1.29 is 0 Å². The van der Waals surface area contributed by atoms with Gasteiger partial charge in [0.05, 0.1) is 11.4 Å². The van der Waals surface area contributed by atoms with Crippen molar-refractivity contribution in [3.63, 3.8) is 0 Å². The standard InChI is InChI=1S/C44H28N2/c1-2-14-31(15-3-1)41-28-42(38-21-11-10-19-36(38)34-23-22-29-12-4-5-16-32(29)26-34)46-44(45-41)43-37-20-9-7-17-33(37)27-40-35-18-8-6-13-30(35)24-25-39(40)43/h1-28H. The Morgan fingerprint density at radius 3 is 1.78 bits per heavy atom. The van der Waals surface area contributed by atoms with Crippen molar-refractivity contribution in [2.75, 3.05) is 0 Å². The van der Waals surface area contributed by atoms with Gasteiger partial charge in [-0.05, 0) is 72.4 Å². The van der Waals surface area contributed by atoms with E-state index in [1.807, 2.05) is 6.07 Å². The van der Waals surface area contributed by atoms with Crippen LogP contribution in [-0.4, -0.2) is 9.97 Å². The SMILES string of the molecule is c1ccc(-c2cc(-c3ccccc3-c3ccc4ccccc4c3)nc(-c3c4ccccc4cc4c3ccc3ccccc34)n2)cc1. The lowest BCUT2D eigenvalue weighted by atomic mass is 9.92. The quantitative estimate of drug-likeness (QED) is 0.152. The van der Waals surface area contributed by atoms with Crippen LogP contribution in [0.4, 0.5) is 0 Å². The van der Waals surface area contributed by atoms with Gasteiger partial charge in [0, 0.05) is 16.7 Å². The van der Waals surface area contributed by atoms with Crippen LogP contribution in [0.1, 0.15) is 0 Å². The van der Waals surface area contributed by atoms with Crippen molar-refractivity contribution in [3.8, 4) is 45.0 Å². The van der Waals surface area contributed by atoms with E-state index in [9.17, 15) is 0 Å². The molecular formula is C44H28N2. The molecular weight excluding hydrogens is 556 g/mol. The predicted octanol–water partition coefficient (Wildman–Crippen LogP) is 11.8. The highest BCUT2D eigenvalue weighted by Gasteiger charge is 2.18. The summed E-state index contributed by atoms with van der Waals surface area (Å²) in [5.41, 5.74) is 7.30. The average molecular weight is 585 g/mol. The molecule has 0 aliphatic carbocycles. The van der Waals surface area contributed by atoms with E-state index in [-0.39, 0.29) is 0 Å². The topological polar surface area (TPSA) is 25.8 Å². The summed E-state index contributed by atoms with van der Waals surface area (Å²) in [6, 6.07) is 60.3. The van der Waals surface area contributed by atoms with E-state index in [0.29, 0.717) is 0 Å². The first-order valence-electron chi connectivity index (χ1n) is 15.7. The number of aromatic nitrogens is 2. The third-order valence-corrected chi connectivity index (χ3v) is 9.05. The van der Waals surface area contributed by atoms with Crippen molar-refractivity contribution in [3.05, 3.63) is 170 Å². The minimum Gasteiger partial charge on any atom is -0.228 e. The number of hydrogen-bond acceptors (Lipinski definition) is 2. The molecule has 1 aromatic heterocycles. The van der Waals surface area contributed by atoms with Crippen LogP contribution >= 0.6 is 0 Å². The molecule has 8 aromatic carbocycles. The van der Waals surface area contributed by atoms with Crippen LogP contribution in [-0.2, 0) is 0 Å². The van der Waals surface area contributed by atoms with E-state index in [0.717, 1.165) is 55.8 Å². The second kappa shape index (κ2) is 10.8. The lowest BCUT2D eigenvalue weighted by molar-refractivity contribution is 1.19. The maximum absolute atomic E-state index is 5.42. The summed E-state index contributed by atoms with van der Waals surface area (Å²) in [5, 5.41) is 9.58. The Morgan fingerprint density at radius 1 is 0.304 bits per heavy atom. The van der Waals surface area contributed by atoms with Gasteiger partial charge in [-0.2, -0.15) is 0 Å². The molecule has 0 unspecified atom stereocenters. The van der Waals surface area contributed by atoms with E-state index in [1.165, 1.54) is 32.3 Å². The van der Waals surface area contributed by atoms with E-state index < -0.39 is 0 Å². The first kappa shape index (κ1) is 26.3. The van der Waals surface area contributed by atoms with Crippen molar-refractivity contribution in [1.29, 1.82) is 0 Å². The Balaban J connectivity index is 1.35. The molecule has 0 aliphatic heterocycles. The van der Waals surface area contributed by atoms with Gasteiger partial charge in [-0.1, -0.05) is 152 Å². The maximum atomic E-state index is 5.42. The Bertz CT molecular complexity index is 2580. The van der Waals surface area contributed by atoms with E-state index in [1.54, 1.807) is 0 Å². The van der Waals surface area contributed by atoms with Gasteiger partial charge in [-0.15, -0.1) is 0 Å². The first-order chi connectivity index (χ1) is 22.8. The van der Waals surface area contributed by atoms with Crippen molar-refractivity contribution in [2.24, 2.45) is 0 Å².